The molecule has 0 bridgehead atoms. The van der Waals surface area contributed by atoms with Crippen molar-refractivity contribution in [2.75, 3.05) is 5.73 Å². The summed E-state index contributed by atoms with van der Waals surface area (Å²) in [6.07, 6.45) is 0.724. The first-order valence-corrected chi connectivity index (χ1v) is 7.32. The van der Waals surface area contributed by atoms with Crippen LogP contribution in [0.25, 0.3) is 10.7 Å². The van der Waals surface area contributed by atoms with Gasteiger partial charge in [-0.05, 0) is 35.1 Å². The minimum Gasteiger partial charge on any atom is -0.399 e. The predicted octanol–water partition coefficient (Wildman–Crippen LogP) is 3.73. The molecule has 0 aliphatic rings. The second-order valence-electron chi connectivity index (χ2n) is 4.76. The summed E-state index contributed by atoms with van der Waals surface area (Å²) >= 11 is 1.61. The zero-order valence-electron chi connectivity index (χ0n) is 11.1. The van der Waals surface area contributed by atoms with E-state index in [4.69, 9.17) is 10.3 Å². The quantitative estimate of drug-likeness (QED) is 0.742. The number of hydrogen-bond acceptors (Lipinski definition) is 5. The molecule has 2 heterocycles. The van der Waals surface area contributed by atoms with Crippen molar-refractivity contribution < 1.29 is 4.52 Å². The fourth-order valence-electron chi connectivity index (χ4n) is 2.05. The largest absolute Gasteiger partial charge is 0.399 e. The molecule has 0 radical (unpaired) electrons. The highest BCUT2D eigenvalue weighted by atomic mass is 32.1. The van der Waals surface area contributed by atoms with Crippen LogP contribution in [0, 0.1) is 0 Å². The van der Waals surface area contributed by atoms with Gasteiger partial charge in [-0.1, -0.05) is 30.3 Å². The van der Waals surface area contributed by atoms with Gasteiger partial charge < -0.3 is 10.3 Å². The molecule has 0 saturated heterocycles. The molecule has 0 aliphatic heterocycles. The number of hydrogen-bond donors (Lipinski definition) is 1. The lowest BCUT2D eigenvalue weighted by Crippen LogP contribution is -1.99. The van der Waals surface area contributed by atoms with E-state index in [0.717, 1.165) is 17.0 Å². The van der Waals surface area contributed by atoms with Gasteiger partial charge in [0.25, 0.3) is 0 Å². The van der Waals surface area contributed by atoms with E-state index in [1.165, 1.54) is 5.56 Å². The third-order valence-corrected chi connectivity index (χ3v) is 4.06. The topological polar surface area (TPSA) is 64.9 Å². The Balaban J connectivity index is 1.73. The standard InChI is InChI=1S/C15H15N3OS/c1-10(11-4-6-12(16)7-5-11)9-14-17-15(18-19-14)13-3-2-8-20-13/h2-8,10H,9,16H2,1H3. The molecule has 3 aromatic rings. The summed E-state index contributed by atoms with van der Waals surface area (Å²) in [6.45, 7) is 2.14. The predicted molar refractivity (Wildman–Crippen MR) is 80.6 cm³/mol. The summed E-state index contributed by atoms with van der Waals surface area (Å²) < 4.78 is 5.33. The lowest BCUT2D eigenvalue weighted by atomic mass is 9.98. The van der Waals surface area contributed by atoms with E-state index < -0.39 is 0 Å². The number of nitrogen functional groups attached to an aromatic ring is 1. The molecular formula is C15H15N3OS. The molecular weight excluding hydrogens is 270 g/mol. The molecule has 2 N–H and O–H groups in total. The molecule has 0 spiro atoms. The van der Waals surface area contributed by atoms with Crippen molar-refractivity contribution in [3.8, 4) is 10.7 Å². The van der Waals surface area contributed by atoms with Crippen molar-refractivity contribution in [1.82, 2.24) is 10.1 Å². The molecule has 1 unspecified atom stereocenters. The van der Waals surface area contributed by atoms with Crippen LogP contribution in [0.4, 0.5) is 5.69 Å². The Kier molecular flexibility index (Phi) is 3.52. The normalized spacial score (nSPS) is 12.4. The van der Waals surface area contributed by atoms with Crippen LogP contribution in [0.15, 0.2) is 46.3 Å². The van der Waals surface area contributed by atoms with Gasteiger partial charge in [0.15, 0.2) is 0 Å². The first-order chi connectivity index (χ1) is 9.72. The van der Waals surface area contributed by atoms with Crippen molar-refractivity contribution in [2.24, 2.45) is 0 Å². The molecule has 1 atom stereocenters. The minimum absolute atomic E-state index is 0.312. The molecule has 102 valence electrons. The smallest absolute Gasteiger partial charge is 0.227 e. The fraction of sp³-hybridized carbons (Fsp3) is 0.200. The summed E-state index contributed by atoms with van der Waals surface area (Å²) in [5, 5.41) is 6.03. The molecule has 0 fully saturated rings. The summed E-state index contributed by atoms with van der Waals surface area (Å²) in [4.78, 5) is 5.47. The maximum Gasteiger partial charge on any atom is 0.227 e. The highest BCUT2D eigenvalue weighted by molar-refractivity contribution is 7.13. The Bertz CT molecular complexity index is 673. The number of nitrogens with two attached hydrogens (primary N) is 1. The first kappa shape index (κ1) is 12.9. The van der Waals surface area contributed by atoms with Crippen LogP contribution in [-0.2, 0) is 6.42 Å². The van der Waals surface area contributed by atoms with Gasteiger partial charge in [-0.3, -0.25) is 0 Å². The zero-order valence-corrected chi connectivity index (χ0v) is 11.9. The first-order valence-electron chi connectivity index (χ1n) is 6.44. The third kappa shape index (κ3) is 2.72. The SMILES string of the molecule is CC(Cc1nc(-c2cccs2)no1)c1ccc(N)cc1. The average molecular weight is 285 g/mol. The Hall–Kier alpha value is -2.14. The van der Waals surface area contributed by atoms with Gasteiger partial charge in [-0.25, -0.2) is 0 Å². The highest BCUT2D eigenvalue weighted by Gasteiger charge is 2.13. The maximum absolute atomic E-state index is 5.70. The van der Waals surface area contributed by atoms with Crippen LogP contribution in [-0.4, -0.2) is 10.1 Å². The zero-order chi connectivity index (χ0) is 13.9. The molecule has 3 rings (SSSR count). The van der Waals surface area contributed by atoms with Crippen molar-refractivity contribution in [1.29, 1.82) is 0 Å². The number of aromatic nitrogens is 2. The Morgan fingerprint density at radius 2 is 2.05 bits per heavy atom. The Morgan fingerprint density at radius 1 is 1.25 bits per heavy atom. The lowest BCUT2D eigenvalue weighted by Gasteiger charge is -2.08. The number of nitrogens with zero attached hydrogens (tertiary/aromatic N) is 2. The van der Waals surface area contributed by atoms with Crippen molar-refractivity contribution in [3.63, 3.8) is 0 Å². The number of benzene rings is 1. The van der Waals surface area contributed by atoms with E-state index in [9.17, 15) is 0 Å². The number of rotatable bonds is 4. The molecule has 2 aromatic heterocycles. The molecule has 0 saturated carbocycles. The Morgan fingerprint density at radius 3 is 2.75 bits per heavy atom. The minimum atomic E-state index is 0.312. The summed E-state index contributed by atoms with van der Waals surface area (Å²) in [6, 6.07) is 11.9. The van der Waals surface area contributed by atoms with Gasteiger partial charge in [-0.2, -0.15) is 4.98 Å². The van der Waals surface area contributed by atoms with E-state index in [-0.39, 0.29) is 0 Å². The van der Waals surface area contributed by atoms with Crippen LogP contribution in [0.1, 0.15) is 24.3 Å². The van der Waals surface area contributed by atoms with Crippen LogP contribution in [0.5, 0.6) is 0 Å². The van der Waals surface area contributed by atoms with E-state index in [0.29, 0.717) is 17.6 Å². The van der Waals surface area contributed by atoms with Gasteiger partial charge in [0.2, 0.25) is 11.7 Å². The monoisotopic (exact) mass is 285 g/mol. The van der Waals surface area contributed by atoms with Crippen LogP contribution < -0.4 is 5.73 Å². The third-order valence-electron chi connectivity index (χ3n) is 3.20. The molecule has 5 heteroatoms. The van der Waals surface area contributed by atoms with E-state index in [1.807, 2.05) is 41.8 Å². The highest BCUT2D eigenvalue weighted by Crippen LogP contribution is 2.24. The fourth-order valence-corrected chi connectivity index (χ4v) is 2.70. The molecule has 4 nitrogen and oxygen atoms in total. The molecule has 20 heavy (non-hydrogen) atoms. The molecule has 1 aromatic carbocycles. The molecule has 0 amide bonds. The van der Waals surface area contributed by atoms with Crippen LogP contribution in [0.2, 0.25) is 0 Å². The summed E-state index contributed by atoms with van der Waals surface area (Å²) in [7, 11) is 0. The van der Waals surface area contributed by atoms with Gasteiger partial charge >= 0.3 is 0 Å². The van der Waals surface area contributed by atoms with Crippen molar-refractivity contribution >= 4 is 17.0 Å². The van der Waals surface area contributed by atoms with Gasteiger partial charge in [-0.15, -0.1) is 11.3 Å². The Labute approximate surface area is 121 Å². The molecule has 0 aliphatic carbocycles. The summed E-state index contributed by atoms with van der Waals surface area (Å²) in [5.74, 6) is 1.64. The van der Waals surface area contributed by atoms with Crippen LogP contribution in [0.3, 0.4) is 0 Å². The van der Waals surface area contributed by atoms with E-state index >= 15 is 0 Å². The van der Waals surface area contributed by atoms with E-state index in [2.05, 4.69) is 17.1 Å². The number of anilines is 1. The summed E-state index contributed by atoms with van der Waals surface area (Å²) in [5.41, 5.74) is 7.69. The van der Waals surface area contributed by atoms with Gasteiger partial charge in [0.05, 0.1) is 4.88 Å². The van der Waals surface area contributed by atoms with E-state index in [1.54, 1.807) is 11.3 Å². The lowest BCUT2D eigenvalue weighted by molar-refractivity contribution is 0.372. The van der Waals surface area contributed by atoms with Crippen molar-refractivity contribution in [2.45, 2.75) is 19.3 Å². The van der Waals surface area contributed by atoms with Crippen LogP contribution >= 0.6 is 11.3 Å². The number of thiophene rings is 1. The van der Waals surface area contributed by atoms with Crippen molar-refractivity contribution in [3.05, 3.63) is 53.2 Å². The maximum atomic E-state index is 5.70. The average Bonchev–Trinajstić information content (AvgIpc) is 3.09. The van der Waals surface area contributed by atoms with Gasteiger partial charge in [0.1, 0.15) is 0 Å². The second-order valence-corrected chi connectivity index (χ2v) is 5.71. The second kappa shape index (κ2) is 5.46. The van der Waals surface area contributed by atoms with Gasteiger partial charge in [0, 0.05) is 12.1 Å².